The second-order valence-corrected chi connectivity index (χ2v) is 8.34. The number of methoxy groups -OCH3 is 2. The van der Waals surface area contributed by atoms with Crippen LogP contribution in [0.1, 0.15) is 39.1 Å². The van der Waals surface area contributed by atoms with Crippen LogP contribution >= 0.6 is 0 Å². The number of piperidine rings is 1. The summed E-state index contributed by atoms with van der Waals surface area (Å²) in [6, 6.07) is 18.8. The molecule has 34 heavy (non-hydrogen) atoms. The highest BCUT2D eigenvalue weighted by Crippen LogP contribution is 2.24. The Labute approximate surface area is 198 Å². The van der Waals surface area contributed by atoms with Gasteiger partial charge in [-0.15, -0.1) is 0 Å². The van der Waals surface area contributed by atoms with E-state index in [1.807, 2.05) is 47.4 Å². The molecule has 0 unspecified atom stereocenters. The minimum absolute atomic E-state index is 0.00392. The van der Waals surface area contributed by atoms with E-state index in [0.717, 1.165) is 16.3 Å². The van der Waals surface area contributed by atoms with Crippen LogP contribution in [0.3, 0.4) is 0 Å². The third-order valence-corrected chi connectivity index (χ3v) is 6.31. The lowest BCUT2D eigenvalue weighted by molar-refractivity contribution is -0.126. The molecule has 0 atom stereocenters. The lowest BCUT2D eigenvalue weighted by Gasteiger charge is -2.31. The molecule has 3 aromatic rings. The first-order chi connectivity index (χ1) is 16.5. The minimum Gasteiger partial charge on any atom is -0.496 e. The average molecular weight is 461 g/mol. The first-order valence-corrected chi connectivity index (χ1v) is 11.3. The van der Waals surface area contributed by atoms with Crippen molar-refractivity contribution in [1.82, 2.24) is 10.2 Å². The molecule has 1 saturated heterocycles. The first-order valence-electron chi connectivity index (χ1n) is 11.3. The number of carbonyl (C=O) groups is 3. The smallest absolute Gasteiger partial charge is 0.341 e. The normalized spacial score (nSPS) is 14.0. The molecule has 0 spiro atoms. The highest BCUT2D eigenvalue weighted by Gasteiger charge is 2.28. The van der Waals surface area contributed by atoms with E-state index in [1.54, 1.807) is 18.2 Å². The second-order valence-electron chi connectivity index (χ2n) is 8.34. The predicted octanol–water partition coefficient (Wildman–Crippen LogP) is 3.80. The maximum absolute atomic E-state index is 13.1. The van der Waals surface area contributed by atoms with Gasteiger partial charge in [-0.25, -0.2) is 4.79 Å². The van der Waals surface area contributed by atoms with E-state index in [2.05, 4.69) is 5.32 Å². The number of benzene rings is 3. The van der Waals surface area contributed by atoms with Gasteiger partial charge in [0.05, 0.1) is 14.2 Å². The summed E-state index contributed by atoms with van der Waals surface area (Å²) in [6.45, 7) is 1.37. The summed E-state index contributed by atoms with van der Waals surface area (Å²) in [5, 5.41) is 4.94. The summed E-state index contributed by atoms with van der Waals surface area (Å²) in [5.74, 6) is -0.273. The number of nitrogens with zero attached hydrogens (tertiary/aromatic N) is 1. The molecular weight excluding hydrogens is 432 g/mol. The SMILES string of the molecule is COC(=O)c1cc(CNC(=O)C2CCN(C(=O)c3cccc4ccccc34)CC2)ccc1OC. The zero-order valence-corrected chi connectivity index (χ0v) is 19.4. The van der Waals surface area contributed by atoms with Crippen molar-refractivity contribution < 1.29 is 23.9 Å². The number of fused-ring (bicyclic) bond motifs is 1. The third-order valence-electron chi connectivity index (χ3n) is 6.31. The lowest BCUT2D eigenvalue weighted by atomic mass is 9.94. The van der Waals surface area contributed by atoms with Crippen LogP contribution in [0.5, 0.6) is 5.75 Å². The quantitative estimate of drug-likeness (QED) is 0.566. The van der Waals surface area contributed by atoms with Crippen molar-refractivity contribution in [1.29, 1.82) is 0 Å². The van der Waals surface area contributed by atoms with Gasteiger partial charge in [0.1, 0.15) is 11.3 Å². The molecule has 1 N–H and O–H groups in total. The van der Waals surface area contributed by atoms with Crippen LogP contribution < -0.4 is 10.1 Å². The zero-order chi connectivity index (χ0) is 24.1. The monoisotopic (exact) mass is 460 g/mol. The summed E-state index contributed by atoms with van der Waals surface area (Å²) in [4.78, 5) is 39.7. The molecule has 7 heteroatoms. The molecule has 1 fully saturated rings. The molecule has 0 saturated carbocycles. The van der Waals surface area contributed by atoms with Crippen LogP contribution in [0.2, 0.25) is 0 Å². The molecule has 4 rings (SSSR count). The number of carbonyl (C=O) groups excluding carboxylic acids is 3. The maximum atomic E-state index is 13.1. The molecule has 1 aliphatic heterocycles. The summed E-state index contributed by atoms with van der Waals surface area (Å²) < 4.78 is 10.0. The van der Waals surface area contributed by atoms with Gasteiger partial charge in [0.15, 0.2) is 0 Å². The van der Waals surface area contributed by atoms with E-state index in [9.17, 15) is 14.4 Å². The van der Waals surface area contributed by atoms with Crippen molar-refractivity contribution in [2.45, 2.75) is 19.4 Å². The predicted molar refractivity (Wildman–Crippen MR) is 129 cm³/mol. The van der Waals surface area contributed by atoms with E-state index in [4.69, 9.17) is 9.47 Å². The lowest BCUT2D eigenvalue weighted by Crippen LogP contribution is -2.43. The fourth-order valence-electron chi connectivity index (χ4n) is 4.40. The van der Waals surface area contributed by atoms with Gasteiger partial charge in [0.25, 0.3) is 5.91 Å². The number of likely N-dealkylation sites (tertiary alicyclic amines) is 1. The largest absolute Gasteiger partial charge is 0.496 e. The molecule has 1 aliphatic rings. The maximum Gasteiger partial charge on any atom is 0.341 e. The van der Waals surface area contributed by atoms with Crippen molar-refractivity contribution in [2.24, 2.45) is 5.92 Å². The molecule has 176 valence electrons. The van der Waals surface area contributed by atoms with Gasteiger partial charge in [-0.2, -0.15) is 0 Å². The van der Waals surface area contributed by atoms with Gasteiger partial charge < -0.3 is 19.7 Å². The Balaban J connectivity index is 1.34. The van der Waals surface area contributed by atoms with E-state index in [1.165, 1.54) is 14.2 Å². The number of ether oxygens (including phenoxy) is 2. The van der Waals surface area contributed by atoms with Crippen molar-refractivity contribution in [2.75, 3.05) is 27.3 Å². The molecule has 1 heterocycles. The average Bonchev–Trinajstić information content (AvgIpc) is 2.90. The number of esters is 1. The third kappa shape index (κ3) is 4.88. The van der Waals surface area contributed by atoms with Crippen molar-refractivity contribution in [3.8, 4) is 5.75 Å². The molecular formula is C27H28N2O5. The summed E-state index contributed by atoms with van der Waals surface area (Å²) in [6.07, 6.45) is 1.22. The topological polar surface area (TPSA) is 84.9 Å². The summed E-state index contributed by atoms with van der Waals surface area (Å²) in [7, 11) is 2.80. The van der Waals surface area contributed by atoms with Gasteiger partial charge in [-0.1, -0.05) is 42.5 Å². The molecule has 2 amide bonds. The number of amides is 2. The van der Waals surface area contributed by atoms with Crippen LogP contribution in [0.15, 0.2) is 60.7 Å². The first kappa shape index (κ1) is 23.3. The second kappa shape index (κ2) is 10.4. The van der Waals surface area contributed by atoms with Crippen LogP contribution in [0.25, 0.3) is 10.8 Å². The standard InChI is InChI=1S/C27H28N2O5/c1-33-24-11-10-18(16-23(24)27(32)34-2)17-28-25(30)20-12-14-29(15-13-20)26(31)22-9-5-7-19-6-3-4-8-21(19)22/h3-11,16,20H,12-15,17H2,1-2H3,(H,28,30). The van der Waals surface area contributed by atoms with E-state index >= 15 is 0 Å². The van der Waals surface area contributed by atoms with Gasteiger partial charge in [-0.3, -0.25) is 9.59 Å². The molecule has 3 aromatic carbocycles. The van der Waals surface area contributed by atoms with Crippen molar-refractivity contribution in [3.05, 3.63) is 77.4 Å². The number of rotatable bonds is 6. The highest BCUT2D eigenvalue weighted by molar-refractivity contribution is 6.07. The van der Waals surface area contributed by atoms with Crippen molar-refractivity contribution >= 4 is 28.6 Å². The number of hydrogen-bond acceptors (Lipinski definition) is 5. The fourth-order valence-corrected chi connectivity index (χ4v) is 4.40. The highest BCUT2D eigenvalue weighted by atomic mass is 16.5. The number of nitrogens with one attached hydrogen (secondary N) is 1. The van der Waals surface area contributed by atoms with Crippen LogP contribution in [0, 0.1) is 5.92 Å². The van der Waals surface area contributed by atoms with Gasteiger partial charge in [0.2, 0.25) is 5.91 Å². The van der Waals surface area contributed by atoms with Gasteiger partial charge >= 0.3 is 5.97 Å². The van der Waals surface area contributed by atoms with Gasteiger partial charge in [-0.05, 0) is 47.4 Å². The Morgan fingerprint density at radius 2 is 1.68 bits per heavy atom. The molecule has 0 radical (unpaired) electrons. The number of hydrogen-bond donors (Lipinski definition) is 1. The Bertz CT molecular complexity index is 1210. The summed E-state index contributed by atoms with van der Waals surface area (Å²) in [5.41, 5.74) is 1.79. The van der Waals surface area contributed by atoms with E-state index in [0.29, 0.717) is 49.4 Å². The fraction of sp³-hybridized carbons (Fsp3) is 0.296. The molecule has 0 aromatic heterocycles. The van der Waals surface area contributed by atoms with E-state index in [-0.39, 0.29) is 17.7 Å². The van der Waals surface area contributed by atoms with E-state index < -0.39 is 5.97 Å². The summed E-state index contributed by atoms with van der Waals surface area (Å²) >= 11 is 0. The Morgan fingerprint density at radius 3 is 2.41 bits per heavy atom. The Morgan fingerprint density at radius 1 is 0.941 bits per heavy atom. The molecule has 7 nitrogen and oxygen atoms in total. The molecule has 0 bridgehead atoms. The van der Waals surface area contributed by atoms with Crippen LogP contribution in [-0.2, 0) is 16.1 Å². The van der Waals surface area contributed by atoms with Gasteiger partial charge in [0, 0.05) is 31.1 Å². The zero-order valence-electron chi connectivity index (χ0n) is 19.4. The van der Waals surface area contributed by atoms with Crippen LogP contribution in [0.4, 0.5) is 0 Å². The Hall–Kier alpha value is -3.87. The van der Waals surface area contributed by atoms with Crippen LogP contribution in [-0.4, -0.2) is 50.0 Å². The minimum atomic E-state index is -0.492. The van der Waals surface area contributed by atoms with Crippen molar-refractivity contribution in [3.63, 3.8) is 0 Å². The Kier molecular flexibility index (Phi) is 7.11. The molecule has 0 aliphatic carbocycles.